The summed E-state index contributed by atoms with van der Waals surface area (Å²) in [5, 5.41) is 0.657. The van der Waals surface area contributed by atoms with Gasteiger partial charge in [0, 0.05) is 5.33 Å². The van der Waals surface area contributed by atoms with Crippen molar-refractivity contribution in [3.63, 3.8) is 0 Å². The van der Waals surface area contributed by atoms with Crippen molar-refractivity contribution in [2.24, 2.45) is 0 Å². The van der Waals surface area contributed by atoms with E-state index in [0.717, 1.165) is 5.56 Å². The van der Waals surface area contributed by atoms with Crippen LogP contribution >= 0.6 is 15.9 Å². The predicted octanol–water partition coefficient (Wildman–Crippen LogP) is 2.94. The standard InChI is InChI=1S/C11H13BrO2/c1-8-3-5-10(6-4-8)11(13)14-9(2)7-12/h3-6,9H,7H2,1-2H3. The van der Waals surface area contributed by atoms with E-state index in [0.29, 0.717) is 10.9 Å². The Balaban J connectivity index is 2.65. The van der Waals surface area contributed by atoms with Gasteiger partial charge in [-0.05, 0) is 26.0 Å². The molecule has 0 N–H and O–H groups in total. The van der Waals surface area contributed by atoms with Crippen LogP contribution in [0.2, 0.25) is 0 Å². The van der Waals surface area contributed by atoms with Crippen LogP contribution in [0, 0.1) is 6.92 Å². The van der Waals surface area contributed by atoms with E-state index in [2.05, 4.69) is 15.9 Å². The molecule has 2 nitrogen and oxygen atoms in total. The Morgan fingerprint density at radius 2 is 2.00 bits per heavy atom. The van der Waals surface area contributed by atoms with E-state index >= 15 is 0 Å². The zero-order valence-corrected chi connectivity index (χ0v) is 9.87. The second-order valence-corrected chi connectivity index (χ2v) is 3.88. The number of hydrogen-bond acceptors (Lipinski definition) is 2. The molecule has 76 valence electrons. The SMILES string of the molecule is Cc1ccc(C(=O)OC(C)CBr)cc1. The van der Waals surface area contributed by atoms with Gasteiger partial charge >= 0.3 is 5.97 Å². The average Bonchev–Trinajstić information content (AvgIpc) is 2.18. The summed E-state index contributed by atoms with van der Waals surface area (Å²) in [4.78, 5) is 11.5. The van der Waals surface area contributed by atoms with Crippen molar-refractivity contribution in [1.82, 2.24) is 0 Å². The first kappa shape index (κ1) is 11.2. The molecule has 1 aromatic rings. The second-order valence-electron chi connectivity index (χ2n) is 3.24. The molecule has 0 spiro atoms. The van der Waals surface area contributed by atoms with Crippen LogP contribution < -0.4 is 0 Å². The van der Waals surface area contributed by atoms with Crippen molar-refractivity contribution in [2.75, 3.05) is 5.33 Å². The molecule has 1 aromatic carbocycles. The fourth-order valence-corrected chi connectivity index (χ4v) is 1.10. The molecule has 0 aromatic heterocycles. The highest BCUT2D eigenvalue weighted by Crippen LogP contribution is 2.07. The topological polar surface area (TPSA) is 26.3 Å². The summed E-state index contributed by atoms with van der Waals surface area (Å²) in [7, 11) is 0. The predicted molar refractivity (Wildman–Crippen MR) is 59.9 cm³/mol. The molecule has 0 bridgehead atoms. The molecule has 14 heavy (non-hydrogen) atoms. The van der Waals surface area contributed by atoms with Gasteiger partial charge in [-0.2, -0.15) is 0 Å². The van der Waals surface area contributed by atoms with Crippen molar-refractivity contribution < 1.29 is 9.53 Å². The molecular formula is C11H13BrO2. The maximum absolute atomic E-state index is 11.5. The van der Waals surface area contributed by atoms with Gasteiger partial charge in [0.25, 0.3) is 0 Å². The Kier molecular flexibility index (Phi) is 4.14. The Morgan fingerprint density at radius 1 is 1.43 bits per heavy atom. The van der Waals surface area contributed by atoms with Crippen LogP contribution in [0.4, 0.5) is 0 Å². The maximum atomic E-state index is 11.5. The Bertz CT molecular complexity index is 306. The van der Waals surface area contributed by atoms with Crippen LogP contribution in [-0.2, 0) is 4.74 Å². The summed E-state index contributed by atoms with van der Waals surface area (Å²) in [6, 6.07) is 7.35. The van der Waals surface area contributed by atoms with E-state index in [1.165, 1.54) is 0 Å². The molecule has 1 rings (SSSR count). The van der Waals surface area contributed by atoms with Crippen molar-refractivity contribution in [1.29, 1.82) is 0 Å². The zero-order chi connectivity index (χ0) is 10.6. The minimum absolute atomic E-state index is 0.0937. The van der Waals surface area contributed by atoms with Gasteiger partial charge in [-0.15, -0.1) is 0 Å². The lowest BCUT2D eigenvalue weighted by molar-refractivity contribution is 0.0388. The minimum Gasteiger partial charge on any atom is -0.458 e. The van der Waals surface area contributed by atoms with Crippen LogP contribution in [0.3, 0.4) is 0 Å². The van der Waals surface area contributed by atoms with Crippen LogP contribution in [0.1, 0.15) is 22.8 Å². The summed E-state index contributed by atoms with van der Waals surface area (Å²) in [6.07, 6.45) is -0.0937. The van der Waals surface area contributed by atoms with E-state index in [1.54, 1.807) is 12.1 Å². The highest BCUT2D eigenvalue weighted by molar-refractivity contribution is 9.09. The summed E-state index contributed by atoms with van der Waals surface area (Å²) >= 11 is 3.25. The summed E-state index contributed by atoms with van der Waals surface area (Å²) in [5.74, 6) is -0.267. The van der Waals surface area contributed by atoms with Crippen LogP contribution in [0.25, 0.3) is 0 Å². The number of halogens is 1. The molecule has 1 atom stereocenters. The third-order valence-corrected chi connectivity index (χ3v) is 2.72. The van der Waals surface area contributed by atoms with Crippen LogP contribution in [-0.4, -0.2) is 17.4 Å². The lowest BCUT2D eigenvalue weighted by Crippen LogP contribution is -2.15. The molecule has 0 fully saturated rings. The Morgan fingerprint density at radius 3 is 2.50 bits per heavy atom. The third kappa shape index (κ3) is 3.14. The normalized spacial score (nSPS) is 12.2. The molecule has 0 saturated heterocycles. The van der Waals surface area contributed by atoms with E-state index in [-0.39, 0.29) is 12.1 Å². The molecule has 1 unspecified atom stereocenters. The Hall–Kier alpha value is -0.830. The number of alkyl halides is 1. The average molecular weight is 257 g/mol. The molecule has 0 radical (unpaired) electrons. The molecule has 0 aliphatic carbocycles. The van der Waals surface area contributed by atoms with Crippen molar-refractivity contribution in [3.05, 3.63) is 35.4 Å². The molecule has 0 amide bonds. The monoisotopic (exact) mass is 256 g/mol. The number of rotatable bonds is 3. The number of aryl methyl sites for hydroxylation is 1. The van der Waals surface area contributed by atoms with Gasteiger partial charge in [0.05, 0.1) is 5.56 Å². The second kappa shape index (κ2) is 5.15. The summed E-state index contributed by atoms with van der Waals surface area (Å²) in [6.45, 7) is 3.83. The van der Waals surface area contributed by atoms with Crippen molar-refractivity contribution in [3.8, 4) is 0 Å². The zero-order valence-electron chi connectivity index (χ0n) is 8.29. The van der Waals surface area contributed by atoms with E-state index in [1.807, 2.05) is 26.0 Å². The summed E-state index contributed by atoms with van der Waals surface area (Å²) in [5.41, 5.74) is 1.73. The fraction of sp³-hybridized carbons (Fsp3) is 0.364. The van der Waals surface area contributed by atoms with Crippen molar-refractivity contribution in [2.45, 2.75) is 20.0 Å². The van der Waals surface area contributed by atoms with E-state index in [9.17, 15) is 4.79 Å². The lowest BCUT2D eigenvalue weighted by Gasteiger charge is -2.09. The van der Waals surface area contributed by atoms with Gasteiger partial charge in [-0.3, -0.25) is 0 Å². The largest absolute Gasteiger partial charge is 0.458 e. The van der Waals surface area contributed by atoms with E-state index < -0.39 is 0 Å². The van der Waals surface area contributed by atoms with Gasteiger partial charge in [0.2, 0.25) is 0 Å². The van der Waals surface area contributed by atoms with Crippen LogP contribution in [0.15, 0.2) is 24.3 Å². The fourth-order valence-electron chi connectivity index (χ4n) is 0.972. The number of carbonyl (C=O) groups excluding carboxylic acids is 1. The number of benzene rings is 1. The van der Waals surface area contributed by atoms with E-state index in [4.69, 9.17) is 4.74 Å². The van der Waals surface area contributed by atoms with Gasteiger partial charge in [-0.1, -0.05) is 33.6 Å². The highest BCUT2D eigenvalue weighted by Gasteiger charge is 2.10. The molecule has 0 aliphatic heterocycles. The first-order valence-corrected chi connectivity index (χ1v) is 5.59. The number of hydrogen-bond donors (Lipinski definition) is 0. The smallest absolute Gasteiger partial charge is 0.338 e. The minimum atomic E-state index is -0.267. The summed E-state index contributed by atoms with van der Waals surface area (Å²) < 4.78 is 5.14. The quantitative estimate of drug-likeness (QED) is 0.614. The first-order chi connectivity index (χ1) is 6.63. The molecule has 0 aliphatic rings. The van der Waals surface area contributed by atoms with Crippen molar-refractivity contribution >= 4 is 21.9 Å². The Labute approximate surface area is 92.4 Å². The van der Waals surface area contributed by atoms with Gasteiger partial charge in [0.15, 0.2) is 0 Å². The molecule has 3 heteroatoms. The van der Waals surface area contributed by atoms with Gasteiger partial charge < -0.3 is 4.74 Å². The van der Waals surface area contributed by atoms with Crippen LogP contribution in [0.5, 0.6) is 0 Å². The number of carbonyl (C=O) groups is 1. The maximum Gasteiger partial charge on any atom is 0.338 e. The number of ether oxygens (including phenoxy) is 1. The highest BCUT2D eigenvalue weighted by atomic mass is 79.9. The molecular weight excluding hydrogens is 244 g/mol. The molecule has 0 saturated carbocycles. The number of esters is 1. The molecule has 0 heterocycles. The third-order valence-electron chi connectivity index (χ3n) is 1.81. The van der Waals surface area contributed by atoms with Gasteiger partial charge in [-0.25, -0.2) is 4.79 Å². The first-order valence-electron chi connectivity index (χ1n) is 4.47. The van der Waals surface area contributed by atoms with Gasteiger partial charge in [0.1, 0.15) is 6.10 Å². The lowest BCUT2D eigenvalue weighted by atomic mass is 10.1.